The number of carbonyl (C=O) groups is 1. The highest BCUT2D eigenvalue weighted by atomic mass is 32.1. The third kappa shape index (κ3) is 3.65. The predicted molar refractivity (Wildman–Crippen MR) is 102 cm³/mol. The van der Waals surface area contributed by atoms with Gasteiger partial charge in [-0.05, 0) is 6.07 Å². The van der Waals surface area contributed by atoms with E-state index in [1.165, 1.54) is 11.3 Å². The normalized spacial score (nSPS) is 14.3. The van der Waals surface area contributed by atoms with Crippen molar-refractivity contribution < 1.29 is 4.79 Å². The van der Waals surface area contributed by atoms with Crippen molar-refractivity contribution in [2.45, 2.75) is 0 Å². The summed E-state index contributed by atoms with van der Waals surface area (Å²) in [5.41, 5.74) is 1.91. The van der Waals surface area contributed by atoms with Gasteiger partial charge in [-0.1, -0.05) is 30.3 Å². The van der Waals surface area contributed by atoms with Crippen LogP contribution in [0.25, 0.3) is 11.3 Å². The molecule has 0 atom stereocenters. The maximum Gasteiger partial charge on any atom is 0.323 e. The molecule has 4 rings (SSSR count). The van der Waals surface area contributed by atoms with E-state index >= 15 is 0 Å². The zero-order valence-corrected chi connectivity index (χ0v) is 14.9. The Morgan fingerprint density at radius 1 is 1.00 bits per heavy atom. The van der Waals surface area contributed by atoms with E-state index in [-0.39, 0.29) is 6.03 Å². The van der Waals surface area contributed by atoms with Gasteiger partial charge >= 0.3 is 6.03 Å². The summed E-state index contributed by atoms with van der Waals surface area (Å²) in [6.07, 6.45) is 3.46. The maximum absolute atomic E-state index is 12.5. The van der Waals surface area contributed by atoms with Gasteiger partial charge in [0.2, 0.25) is 5.95 Å². The lowest BCUT2D eigenvalue weighted by atomic mass is 10.2. The number of piperazine rings is 1. The Balaban J connectivity index is 1.34. The average molecular weight is 366 g/mol. The van der Waals surface area contributed by atoms with Crippen LogP contribution < -0.4 is 10.2 Å². The SMILES string of the molecule is O=C(Nc1nc(-c2ccccc2)cs1)N1CCN(c2ncccn2)CC1. The number of nitrogens with zero attached hydrogens (tertiary/aromatic N) is 5. The minimum Gasteiger partial charge on any atom is -0.337 e. The van der Waals surface area contributed by atoms with E-state index in [2.05, 4.69) is 25.2 Å². The Morgan fingerprint density at radius 2 is 1.73 bits per heavy atom. The number of hydrogen-bond donors (Lipinski definition) is 1. The van der Waals surface area contributed by atoms with E-state index in [0.29, 0.717) is 37.3 Å². The second-order valence-corrected chi connectivity index (χ2v) is 6.72. The molecular formula is C18H18N6OS. The molecule has 3 aromatic rings. The molecule has 1 fully saturated rings. The van der Waals surface area contributed by atoms with Gasteiger partial charge in [-0.2, -0.15) is 0 Å². The third-order valence-electron chi connectivity index (χ3n) is 4.19. The van der Waals surface area contributed by atoms with Gasteiger partial charge in [-0.25, -0.2) is 19.7 Å². The monoisotopic (exact) mass is 366 g/mol. The first-order chi connectivity index (χ1) is 12.8. The molecule has 1 aromatic carbocycles. The van der Waals surface area contributed by atoms with Crippen molar-refractivity contribution >= 4 is 28.4 Å². The zero-order chi connectivity index (χ0) is 17.8. The first-order valence-electron chi connectivity index (χ1n) is 8.38. The molecule has 3 heterocycles. The van der Waals surface area contributed by atoms with Gasteiger partial charge in [-0.3, -0.25) is 5.32 Å². The van der Waals surface area contributed by atoms with Crippen LogP contribution in [-0.4, -0.2) is 52.1 Å². The minimum atomic E-state index is -0.118. The fourth-order valence-corrected chi connectivity index (χ4v) is 3.52. The van der Waals surface area contributed by atoms with Gasteiger partial charge in [0.15, 0.2) is 5.13 Å². The fraction of sp³-hybridized carbons (Fsp3) is 0.222. The lowest BCUT2D eigenvalue weighted by Gasteiger charge is -2.34. The van der Waals surface area contributed by atoms with E-state index in [0.717, 1.165) is 11.3 Å². The molecule has 0 bridgehead atoms. The van der Waals surface area contributed by atoms with Crippen molar-refractivity contribution in [3.63, 3.8) is 0 Å². The van der Waals surface area contributed by atoms with Crippen LogP contribution in [0.2, 0.25) is 0 Å². The van der Waals surface area contributed by atoms with Crippen LogP contribution >= 0.6 is 11.3 Å². The number of benzene rings is 1. The van der Waals surface area contributed by atoms with E-state index in [9.17, 15) is 4.79 Å². The van der Waals surface area contributed by atoms with Crippen LogP contribution in [0.4, 0.5) is 15.9 Å². The quantitative estimate of drug-likeness (QED) is 0.771. The predicted octanol–water partition coefficient (Wildman–Crippen LogP) is 2.95. The molecule has 1 aliphatic rings. The van der Waals surface area contributed by atoms with E-state index in [4.69, 9.17) is 0 Å². The number of hydrogen-bond acceptors (Lipinski definition) is 6. The summed E-state index contributed by atoms with van der Waals surface area (Å²) < 4.78 is 0. The Hall–Kier alpha value is -3.00. The minimum absolute atomic E-state index is 0.118. The number of carbonyl (C=O) groups excluding carboxylic acids is 1. The molecule has 7 nitrogen and oxygen atoms in total. The Bertz CT molecular complexity index is 862. The zero-order valence-electron chi connectivity index (χ0n) is 14.1. The van der Waals surface area contributed by atoms with Gasteiger partial charge in [0.1, 0.15) is 0 Å². The summed E-state index contributed by atoms with van der Waals surface area (Å²) in [5, 5.41) is 5.47. The van der Waals surface area contributed by atoms with Crippen LogP contribution in [0.1, 0.15) is 0 Å². The molecule has 2 aromatic heterocycles. The molecular weight excluding hydrogens is 348 g/mol. The van der Waals surface area contributed by atoms with E-state index < -0.39 is 0 Å². The van der Waals surface area contributed by atoms with Crippen molar-refractivity contribution in [3.8, 4) is 11.3 Å². The first kappa shape index (κ1) is 16.5. The molecule has 0 aliphatic carbocycles. The summed E-state index contributed by atoms with van der Waals surface area (Å²) in [6, 6.07) is 11.6. The van der Waals surface area contributed by atoms with Crippen LogP contribution in [-0.2, 0) is 0 Å². The lowest BCUT2D eigenvalue weighted by Crippen LogP contribution is -2.50. The molecule has 0 saturated carbocycles. The summed E-state index contributed by atoms with van der Waals surface area (Å²) in [7, 11) is 0. The number of urea groups is 1. The molecule has 1 N–H and O–H groups in total. The van der Waals surface area contributed by atoms with Crippen LogP contribution in [0.15, 0.2) is 54.2 Å². The highest BCUT2D eigenvalue weighted by Gasteiger charge is 2.23. The Morgan fingerprint density at radius 3 is 2.46 bits per heavy atom. The topological polar surface area (TPSA) is 74.2 Å². The number of nitrogens with one attached hydrogen (secondary N) is 1. The Labute approximate surface area is 155 Å². The second-order valence-electron chi connectivity index (χ2n) is 5.86. The van der Waals surface area contributed by atoms with Gasteiger partial charge < -0.3 is 9.80 Å². The Kier molecular flexibility index (Phi) is 4.74. The van der Waals surface area contributed by atoms with Gasteiger partial charge in [0, 0.05) is 49.5 Å². The molecule has 0 radical (unpaired) electrons. The summed E-state index contributed by atoms with van der Waals surface area (Å²) in [5.74, 6) is 0.708. The molecule has 0 unspecified atom stereocenters. The molecule has 8 heteroatoms. The van der Waals surface area contributed by atoms with Crippen LogP contribution in [0, 0.1) is 0 Å². The van der Waals surface area contributed by atoms with Crippen molar-refractivity contribution in [1.29, 1.82) is 0 Å². The number of rotatable bonds is 3. The van der Waals surface area contributed by atoms with Crippen molar-refractivity contribution in [2.75, 3.05) is 36.4 Å². The summed E-state index contributed by atoms with van der Waals surface area (Å²) in [6.45, 7) is 2.68. The summed E-state index contributed by atoms with van der Waals surface area (Å²) in [4.78, 5) is 29.4. The first-order valence-corrected chi connectivity index (χ1v) is 9.26. The number of amides is 2. The van der Waals surface area contributed by atoms with Crippen molar-refractivity contribution in [2.24, 2.45) is 0 Å². The van der Waals surface area contributed by atoms with Crippen LogP contribution in [0.3, 0.4) is 0 Å². The number of anilines is 2. The van der Waals surface area contributed by atoms with E-state index in [1.54, 1.807) is 23.4 Å². The number of aromatic nitrogens is 3. The molecule has 132 valence electrons. The van der Waals surface area contributed by atoms with Gasteiger partial charge in [-0.15, -0.1) is 11.3 Å². The van der Waals surface area contributed by atoms with Crippen LogP contribution in [0.5, 0.6) is 0 Å². The maximum atomic E-state index is 12.5. The van der Waals surface area contributed by atoms with E-state index in [1.807, 2.05) is 35.7 Å². The molecule has 26 heavy (non-hydrogen) atoms. The molecule has 2 amide bonds. The van der Waals surface area contributed by atoms with Crippen molar-refractivity contribution in [1.82, 2.24) is 19.9 Å². The van der Waals surface area contributed by atoms with Crippen molar-refractivity contribution in [3.05, 3.63) is 54.2 Å². The molecule has 1 aliphatic heterocycles. The number of thiazole rings is 1. The largest absolute Gasteiger partial charge is 0.337 e. The second kappa shape index (κ2) is 7.49. The molecule has 1 saturated heterocycles. The highest BCUT2D eigenvalue weighted by Crippen LogP contribution is 2.24. The third-order valence-corrected chi connectivity index (χ3v) is 4.95. The standard InChI is InChI=1S/C18H18N6OS/c25-18(22-17-21-15(13-26-17)14-5-2-1-3-6-14)24-11-9-23(10-12-24)16-19-7-4-8-20-16/h1-8,13H,9-12H2,(H,21,22,25). The molecule has 0 spiro atoms. The fourth-order valence-electron chi connectivity index (χ4n) is 2.81. The summed E-state index contributed by atoms with van der Waals surface area (Å²) >= 11 is 1.43. The van der Waals surface area contributed by atoms with Gasteiger partial charge in [0.05, 0.1) is 5.69 Å². The lowest BCUT2D eigenvalue weighted by molar-refractivity contribution is 0.208. The smallest absolute Gasteiger partial charge is 0.323 e. The van der Waals surface area contributed by atoms with Gasteiger partial charge in [0.25, 0.3) is 0 Å². The highest BCUT2D eigenvalue weighted by molar-refractivity contribution is 7.14. The average Bonchev–Trinajstić information content (AvgIpc) is 3.18.